The molecule has 1 aliphatic rings. The van der Waals surface area contributed by atoms with E-state index in [4.69, 9.17) is 5.11 Å². The van der Waals surface area contributed by atoms with E-state index >= 15 is 4.39 Å². The molecule has 0 bridgehead atoms. The number of aromatic nitrogens is 2. The van der Waals surface area contributed by atoms with E-state index < -0.39 is 30.6 Å². The number of fused-ring (bicyclic) bond motifs is 1. The molecule has 1 aliphatic carbocycles. The van der Waals surface area contributed by atoms with Gasteiger partial charge in [0.2, 0.25) is 5.95 Å². The zero-order valence-corrected chi connectivity index (χ0v) is 21.1. The Morgan fingerprint density at radius 3 is 2.34 bits per heavy atom. The van der Waals surface area contributed by atoms with Crippen LogP contribution in [-0.2, 0) is 4.79 Å². The number of carbonyl (C=O) groups is 2. The summed E-state index contributed by atoms with van der Waals surface area (Å²) >= 11 is 0. The largest absolute Gasteiger partial charge is 0.573 e. The molecular formula is C26H28F4N4O4. The Labute approximate surface area is 216 Å². The highest BCUT2D eigenvalue weighted by Crippen LogP contribution is 2.40. The van der Waals surface area contributed by atoms with E-state index in [0.717, 1.165) is 24.2 Å². The van der Waals surface area contributed by atoms with Crippen LogP contribution < -0.4 is 10.1 Å². The Morgan fingerprint density at radius 2 is 1.76 bits per heavy atom. The molecule has 1 heterocycles. The first-order chi connectivity index (χ1) is 17.8. The van der Waals surface area contributed by atoms with Gasteiger partial charge in [-0.2, -0.15) is 0 Å². The number of aliphatic carboxylic acids is 1. The van der Waals surface area contributed by atoms with Crippen LogP contribution in [0.5, 0.6) is 5.75 Å². The van der Waals surface area contributed by atoms with Crippen LogP contribution in [0.2, 0.25) is 0 Å². The van der Waals surface area contributed by atoms with Gasteiger partial charge in [0, 0.05) is 24.8 Å². The molecule has 38 heavy (non-hydrogen) atoms. The third kappa shape index (κ3) is 6.17. The van der Waals surface area contributed by atoms with E-state index in [1.54, 1.807) is 0 Å². The molecule has 2 N–H and O–H groups in total. The summed E-state index contributed by atoms with van der Waals surface area (Å²) in [5, 5.41) is 12.1. The van der Waals surface area contributed by atoms with Gasteiger partial charge in [-0.05, 0) is 61.4 Å². The number of carboxylic acids is 1. The summed E-state index contributed by atoms with van der Waals surface area (Å²) in [6.07, 6.45) is -2.14. The van der Waals surface area contributed by atoms with Gasteiger partial charge in [-0.15, -0.1) is 13.2 Å². The highest BCUT2D eigenvalue weighted by molar-refractivity contribution is 5.99. The number of carboxylic acid groups (broad SMARTS) is 1. The standard InChI is InChI=1S/C26H28F4N4O4/c1-14-8-15(2)10-17(9-14)34-22-12-20(27)19(24(37)33(3)13-23(35)36)11-21(22)32-25(34)31-16-4-6-18(7-5-16)38-26(28,29)30/h4-7,11-12,14-15,17H,8-10,13H2,1-3H3,(H,31,32)(H,35,36)/t14-,15?,17?/m1/s1. The van der Waals surface area contributed by atoms with Crippen LogP contribution in [0.25, 0.3) is 11.0 Å². The van der Waals surface area contributed by atoms with Gasteiger partial charge in [0.15, 0.2) is 0 Å². The molecule has 3 atom stereocenters. The first-order valence-electron chi connectivity index (χ1n) is 12.1. The molecule has 0 aliphatic heterocycles. The third-order valence-corrected chi connectivity index (χ3v) is 6.59. The average Bonchev–Trinajstić information content (AvgIpc) is 3.13. The summed E-state index contributed by atoms with van der Waals surface area (Å²) in [6.45, 7) is 3.69. The van der Waals surface area contributed by atoms with Crippen LogP contribution in [0.1, 0.15) is 49.5 Å². The second-order valence-corrected chi connectivity index (χ2v) is 9.95. The second kappa shape index (κ2) is 10.5. The van der Waals surface area contributed by atoms with Crippen LogP contribution in [0.15, 0.2) is 36.4 Å². The lowest BCUT2D eigenvalue weighted by molar-refractivity contribution is -0.274. The van der Waals surface area contributed by atoms with E-state index in [9.17, 15) is 22.8 Å². The smallest absolute Gasteiger partial charge is 0.480 e. The first-order valence-corrected chi connectivity index (χ1v) is 12.1. The van der Waals surface area contributed by atoms with Crippen molar-refractivity contribution in [2.24, 2.45) is 11.8 Å². The molecule has 204 valence electrons. The van der Waals surface area contributed by atoms with Crippen molar-refractivity contribution in [1.29, 1.82) is 0 Å². The van der Waals surface area contributed by atoms with E-state index in [1.807, 2.05) is 4.57 Å². The van der Waals surface area contributed by atoms with E-state index in [-0.39, 0.29) is 17.4 Å². The highest BCUT2D eigenvalue weighted by atomic mass is 19.4. The maximum atomic E-state index is 15.2. The molecule has 3 aromatic rings. The van der Waals surface area contributed by atoms with E-state index in [0.29, 0.717) is 34.5 Å². The zero-order chi connectivity index (χ0) is 27.8. The van der Waals surface area contributed by atoms with E-state index in [1.165, 1.54) is 43.4 Å². The van der Waals surface area contributed by atoms with Crippen LogP contribution in [0.4, 0.5) is 29.2 Å². The van der Waals surface area contributed by atoms with Gasteiger partial charge in [0.25, 0.3) is 5.91 Å². The van der Waals surface area contributed by atoms with E-state index in [2.05, 4.69) is 28.9 Å². The van der Waals surface area contributed by atoms with Gasteiger partial charge in [-0.3, -0.25) is 9.59 Å². The monoisotopic (exact) mass is 536 g/mol. The van der Waals surface area contributed by atoms with Gasteiger partial charge in [-0.1, -0.05) is 13.8 Å². The molecule has 4 rings (SSSR count). The Bertz CT molecular complexity index is 1330. The third-order valence-electron chi connectivity index (χ3n) is 6.59. The number of nitrogens with zero attached hydrogens (tertiary/aromatic N) is 3. The van der Waals surface area contributed by atoms with Crippen molar-refractivity contribution in [3.8, 4) is 5.75 Å². The predicted octanol–water partition coefficient (Wildman–Crippen LogP) is 5.97. The minimum atomic E-state index is -4.81. The molecule has 2 unspecified atom stereocenters. The number of ether oxygens (including phenoxy) is 1. The summed E-state index contributed by atoms with van der Waals surface area (Å²) in [5.74, 6) is -2.05. The number of nitrogens with one attached hydrogen (secondary N) is 1. The Morgan fingerprint density at radius 1 is 1.13 bits per heavy atom. The molecule has 12 heteroatoms. The molecule has 0 saturated heterocycles. The number of carbonyl (C=O) groups excluding carboxylic acids is 1. The molecule has 2 aromatic carbocycles. The Kier molecular flexibility index (Phi) is 7.52. The quantitative estimate of drug-likeness (QED) is 0.361. The topological polar surface area (TPSA) is 96.7 Å². The van der Waals surface area contributed by atoms with Crippen molar-refractivity contribution in [2.75, 3.05) is 18.9 Å². The molecule has 8 nitrogen and oxygen atoms in total. The number of halogens is 4. The van der Waals surface area contributed by atoms with Crippen molar-refractivity contribution in [1.82, 2.24) is 14.5 Å². The lowest BCUT2D eigenvalue weighted by atomic mass is 9.80. The number of hydrogen-bond acceptors (Lipinski definition) is 5. The molecule has 1 aromatic heterocycles. The van der Waals surface area contributed by atoms with Crippen LogP contribution >= 0.6 is 0 Å². The molecule has 1 fully saturated rings. The summed E-state index contributed by atoms with van der Waals surface area (Å²) in [7, 11) is 1.27. The Balaban J connectivity index is 1.75. The summed E-state index contributed by atoms with van der Waals surface area (Å²) in [6, 6.07) is 7.64. The number of likely N-dealkylation sites (N-methyl/N-ethyl adjacent to an activating group) is 1. The maximum Gasteiger partial charge on any atom is 0.573 e. The number of alkyl halides is 3. The molecule has 1 saturated carbocycles. The van der Waals surface area contributed by atoms with Gasteiger partial charge in [0.1, 0.15) is 18.1 Å². The number of hydrogen-bond donors (Lipinski definition) is 2. The molecule has 0 spiro atoms. The SMILES string of the molecule is CC1CC(n2c(Nc3ccc(OC(F)(F)F)cc3)nc3cc(C(=O)N(C)CC(=O)O)c(F)cc32)C[C@H](C)C1. The van der Waals surface area contributed by atoms with Crippen molar-refractivity contribution in [2.45, 2.75) is 45.5 Å². The Hall–Kier alpha value is -3.83. The summed E-state index contributed by atoms with van der Waals surface area (Å²) in [5.41, 5.74) is 0.900. The van der Waals surface area contributed by atoms with Crippen molar-refractivity contribution < 1.29 is 37.0 Å². The highest BCUT2D eigenvalue weighted by Gasteiger charge is 2.32. The normalized spacial score (nSPS) is 19.8. The average molecular weight is 537 g/mol. The van der Waals surface area contributed by atoms with Gasteiger partial charge < -0.3 is 24.6 Å². The fraction of sp³-hybridized carbons (Fsp3) is 0.423. The fourth-order valence-corrected chi connectivity index (χ4v) is 5.20. The number of imidazole rings is 1. The summed E-state index contributed by atoms with van der Waals surface area (Å²) < 4.78 is 58.6. The number of anilines is 2. The minimum Gasteiger partial charge on any atom is -0.480 e. The number of amides is 1. The maximum absolute atomic E-state index is 15.2. The predicted molar refractivity (Wildman–Crippen MR) is 132 cm³/mol. The number of rotatable bonds is 7. The first kappa shape index (κ1) is 27.2. The summed E-state index contributed by atoms with van der Waals surface area (Å²) in [4.78, 5) is 29.2. The van der Waals surface area contributed by atoms with Crippen molar-refractivity contribution >= 4 is 34.5 Å². The number of benzene rings is 2. The van der Waals surface area contributed by atoms with Crippen molar-refractivity contribution in [3.05, 3.63) is 47.8 Å². The molecule has 0 radical (unpaired) electrons. The second-order valence-electron chi connectivity index (χ2n) is 9.95. The zero-order valence-electron chi connectivity index (χ0n) is 21.1. The van der Waals surface area contributed by atoms with Crippen LogP contribution in [-0.4, -0.2) is 51.4 Å². The molecular weight excluding hydrogens is 508 g/mol. The van der Waals surface area contributed by atoms with Crippen molar-refractivity contribution in [3.63, 3.8) is 0 Å². The minimum absolute atomic E-state index is 0.0373. The fourth-order valence-electron chi connectivity index (χ4n) is 5.20. The van der Waals surface area contributed by atoms with Gasteiger partial charge in [0.05, 0.1) is 16.6 Å². The lowest BCUT2D eigenvalue weighted by Gasteiger charge is -2.33. The van der Waals surface area contributed by atoms with Gasteiger partial charge in [-0.25, -0.2) is 9.37 Å². The van der Waals surface area contributed by atoms with Crippen LogP contribution in [0, 0.1) is 17.7 Å². The van der Waals surface area contributed by atoms with Crippen LogP contribution in [0.3, 0.4) is 0 Å². The lowest BCUT2D eigenvalue weighted by Crippen LogP contribution is -2.32. The van der Waals surface area contributed by atoms with Gasteiger partial charge >= 0.3 is 12.3 Å². The molecule has 1 amide bonds.